The highest BCUT2D eigenvalue weighted by atomic mass is 16.7. The summed E-state index contributed by atoms with van der Waals surface area (Å²) in [5.74, 6) is -3.80. The number of carbonyl (C=O) groups is 3. The number of aliphatic hydroxyl groups excluding tert-OH is 2. The van der Waals surface area contributed by atoms with E-state index in [4.69, 9.17) is 22.2 Å². The molecule has 1 fully saturated rings. The van der Waals surface area contributed by atoms with Crippen LogP contribution in [0.5, 0.6) is 17.2 Å². The lowest BCUT2D eigenvalue weighted by Gasteiger charge is -2.42. The Bertz CT molecular complexity index is 1410. The second kappa shape index (κ2) is 10.3. The van der Waals surface area contributed by atoms with Crippen LogP contribution in [0.2, 0.25) is 0 Å². The van der Waals surface area contributed by atoms with Gasteiger partial charge in [-0.05, 0) is 13.0 Å². The van der Waals surface area contributed by atoms with Crippen molar-refractivity contribution in [3.8, 4) is 17.2 Å². The first-order valence-corrected chi connectivity index (χ1v) is 12.7. The molecule has 1 saturated heterocycles. The average Bonchev–Trinajstić information content (AvgIpc) is 2.94. The van der Waals surface area contributed by atoms with E-state index in [-0.39, 0.29) is 34.4 Å². The van der Waals surface area contributed by atoms with Crippen LogP contribution in [0.25, 0.3) is 0 Å². The Hall–Kier alpha value is -3.33. The number of phenolic OH excluding ortho intramolecular Hbond substituents is 2. The number of rotatable bonds is 6. The summed E-state index contributed by atoms with van der Waals surface area (Å²) in [4.78, 5) is 39.8. The maximum Gasteiger partial charge on any atom is 0.202 e. The molecule has 2 aromatic rings. The molecule has 2 radical (unpaired) electrons. The molecule has 0 bridgehead atoms. The van der Waals surface area contributed by atoms with E-state index in [1.807, 2.05) is 0 Å². The second-order valence-electron chi connectivity index (χ2n) is 10.3. The van der Waals surface area contributed by atoms with Crippen LogP contribution in [0.3, 0.4) is 0 Å². The van der Waals surface area contributed by atoms with E-state index in [0.717, 1.165) is 0 Å². The molecule has 0 amide bonds. The van der Waals surface area contributed by atoms with Crippen molar-refractivity contribution in [2.75, 3.05) is 13.7 Å². The number of hydrogen-bond donors (Lipinski definition) is 6. The van der Waals surface area contributed by atoms with Crippen LogP contribution in [0, 0.1) is 0 Å². The van der Waals surface area contributed by atoms with E-state index in [0.29, 0.717) is 0 Å². The van der Waals surface area contributed by atoms with Crippen LogP contribution in [0.4, 0.5) is 0 Å². The SMILES string of the molecule is [B]NC1CC(O[C@H]2C[C@](O)(C(=O)CO)Cc3c(O)c4c(c(O)c32)C(=O)c2c(OC)cccc2C4=O)OC(C)C1O. The first kappa shape index (κ1) is 28.2. The number of ether oxygens (including phenoxy) is 3. The Morgan fingerprint density at radius 1 is 1.18 bits per heavy atom. The highest BCUT2D eigenvalue weighted by molar-refractivity contribution is 6.31. The van der Waals surface area contributed by atoms with Gasteiger partial charge in [0.05, 0.1) is 42.1 Å². The van der Waals surface area contributed by atoms with Gasteiger partial charge in [0.25, 0.3) is 0 Å². The molecule has 6 atom stereocenters. The smallest absolute Gasteiger partial charge is 0.202 e. The molecule has 0 aromatic heterocycles. The first-order valence-electron chi connectivity index (χ1n) is 12.7. The zero-order chi connectivity index (χ0) is 29.1. The van der Waals surface area contributed by atoms with Gasteiger partial charge in [0.15, 0.2) is 25.8 Å². The fraction of sp³-hybridized carbons (Fsp3) is 0.444. The van der Waals surface area contributed by atoms with Crippen LogP contribution in [-0.2, 0) is 20.7 Å². The van der Waals surface area contributed by atoms with Gasteiger partial charge in [-0.1, -0.05) is 12.1 Å². The number of aliphatic hydroxyl groups is 3. The van der Waals surface area contributed by atoms with Crippen molar-refractivity contribution < 1.29 is 54.1 Å². The highest BCUT2D eigenvalue weighted by Crippen LogP contribution is 2.52. The van der Waals surface area contributed by atoms with Gasteiger partial charge < -0.3 is 45.0 Å². The van der Waals surface area contributed by atoms with E-state index < -0.39 is 95.7 Å². The van der Waals surface area contributed by atoms with Crippen LogP contribution in [0.15, 0.2) is 18.2 Å². The molecule has 6 N–H and O–H groups in total. The number of nitrogens with one attached hydrogen (secondary N) is 1. The summed E-state index contributed by atoms with van der Waals surface area (Å²) in [5, 5.41) is 56.5. The minimum atomic E-state index is -2.25. The van der Waals surface area contributed by atoms with E-state index in [2.05, 4.69) is 5.23 Å². The van der Waals surface area contributed by atoms with Gasteiger partial charge in [0, 0.05) is 42.0 Å². The van der Waals surface area contributed by atoms with Crippen molar-refractivity contribution in [3.63, 3.8) is 0 Å². The van der Waals surface area contributed by atoms with E-state index in [9.17, 15) is 39.9 Å². The molecule has 4 unspecified atom stereocenters. The third kappa shape index (κ3) is 4.21. The molecule has 5 rings (SSSR count). The third-order valence-corrected chi connectivity index (χ3v) is 7.97. The van der Waals surface area contributed by atoms with Crippen molar-refractivity contribution in [1.29, 1.82) is 0 Å². The van der Waals surface area contributed by atoms with Crippen LogP contribution < -0.4 is 9.96 Å². The Labute approximate surface area is 229 Å². The number of Topliss-reactive ketones (excluding diaryl/α,β-unsaturated/α-hetero) is 1. The van der Waals surface area contributed by atoms with Gasteiger partial charge in [0.1, 0.15) is 29.5 Å². The Kier molecular flexibility index (Phi) is 7.23. The van der Waals surface area contributed by atoms with E-state index >= 15 is 0 Å². The molecular weight excluding hydrogens is 525 g/mol. The summed E-state index contributed by atoms with van der Waals surface area (Å²) in [6, 6.07) is 3.71. The largest absolute Gasteiger partial charge is 0.507 e. The van der Waals surface area contributed by atoms with Crippen molar-refractivity contribution in [2.45, 2.75) is 62.4 Å². The number of carbonyl (C=O) groups excluding carboxylic acids is 3. The summed E-state index contributed by atoms with van der Waals surface area (Å²) in [6.07, 6.45) is -5.17. The summed E-state index contributed by atoms with van der Waals surface area (Å²) in [5.41, 5.74) is -3.67. The summed E-state index contributed by atoms with van der Waals surface area (Å²) in [7, 11) is 6.87. The quantitative estimate of drug-likeness (QED) is 0.173. The Morgan fingerprint density at radius 3 is 2.52 bits per heavy atom. The summed E-state index contributed by atoms with van der Waals surface area (Å²) in [6.45, 7) is 0.558. The van der Waals surface area contributed by atoms with Crippen LogP contribution in [-0.4, -0.2) is 94.7 Å². The Morgan fingerprint density at radius 2 is 1.88 bits per heavy atom. The molecule has 13 heteroatoms. The second-order valence-corrected chi connectivity index (χ2v) is 10.3. The van der Waals surface area contributed by atoms with Crippen molar-refractivity contribution in [3.05, 3.63) is 51.6 Å². The Balaban J connectivity index is 1.68. The van der Waals surface area contributed by atoms with Crippen LogP contribution >= 0.6 is 0 Å². The summed E-state index contributed by atoms with van der Waals surface area (Å²) < 4.78 is 17.1. The van der Waals surface area contributed by atoms with Crippen molar-refractivity contribution in [2.24, 2.45) is 0 Å². The normalized spacial score (nSPS) is 29.4. The topological polar surface area (TPSA) is 192 Å². The van der Waals surface area contributed by atoms with Gasteiger partial charge in [-0.15, -0.1) is 0 Å². The third-order valence-electron chi connectivity index (χ3n) is 7.97. The number of benzene rings is 2. The number of phenols is 2. The molecule has 1 aliphatic heterocycles. The molecule has 0 spiro atoms. The van der Waals surface area contributed by atoms with E-state index in [1.165, 1.54) is 25.3 Å². The molecule has 40 heavy (non-hydrogen) atoms. The minimum absolute atomic E-state index is 0.0277. The van der Waals surface area contributed by atoms with E-state index in [1.54, 1.807) is 6.92 Å². The minimum Gasteiger partial charge on any atom is -0.507 e. The number of aromatic hydroxyl groups is 2. The fourth-order valence-corrected chi connectivity index (χ4v) is 5.88. The zero-order valence-corrected chi connectivity index (χ0v) is 21.7. The lowest BCUT2D eigenvalue weighted by molar-refractivity contribution is -0.248. The summed E-state index contributed by atoms with van der Waals surface area (Å²) >= 11 is 0. The average molecular weight is 553 g/mol. The monoisotopic (exact) mass is 553 g/mol. The van der Waals surface area contributed by atoms with Gasteiger partial charge in [-0.2, -0.15) is 0 Å². The number of fused-ring (bicyclic) bond motifs is 3. The van der Waals surface area contributed by atoms with Gasteiger partial charge in [-0.3, -0.25) is 14.4 Å². The standard InChI is InChI=1S/C27H28BNO11/c1-10-22(32)13(29-28)6-17(39-10)40-15-8-27(37,16(31)9-30)7-12-19(15)26(36)21-20(24(12)34)23(33)11-4-3-5-14(38-2)18(11)25(21)35/h3-5,10,13,15,17,22,29-30,32,34,36-37H,6-9H2,1-2H3/t10?,13?,15-,17?,22?,27-/m0/s1. The maximum atomic E-state index is 13.7. The van der Waals surface area contributed by atoms with Crippen molar-refractivity contribution in [1.82, 2.24) is 5.23 Å². The van der Waals surface area contributed by atoms with Crippen molar-refractivity contribution >= 4 is 25.3 Å². The molecule has 3 aliphatic rings. The number of hydrogen-bond acceptors (Lipinski definition) is 12. The highest BCUT2D eigenvalue weighted by Gasteiger charge is 2.50. The van der Waals surface area contributed by atoms with Gasteiger partial charge in [0.2, 0.25) is 5.78 Å². The zero-order valence-electron chi connectivity index (χ0n) is 21.7. The maximum absolute atomic E-state index is 13.7. The molecule has 2 aliphatic carbocycles. The lowest BCUT2D eigenvalue weighted by atomic mass is 9.72. The van der Waals surface area contributed by atoms with Gasteiger partial charge in [-0.25, -0.2) is 0 Å². The number of ketones is 3. The van der Waals surface area contributed by atoms with Gasteiger partial charge >= 0.3 is 0 Å². The molecule has 1 heterocycles. The molecule has 210 valence electrons. The first-order chi connectivity index (χ1) is 19.0. The predicted octanol–water partition coefficient (Wildman–Crippen LogP) is -0.284. The molecule has 12 nitrogen and oxygen atoms in total. The molecular formula is C27H28BNO11. The van der Waals surface area contributed by atoms with Crippen LogP contribution in [0.1, 0.15) is 68.8 Å². The fourth-order valence-electron chi connectivity index (χ4n) is 5.88. The number of methoxy groups -OCH3 is 1. The lowest BCUT2D eigenvalue weighted by Crippen LogP contribution is -2.54. The molecule has 2 aromatic carbocycles. The predicted molar refractivity (Wildman–Crippen MR) is 136 cm³/mol. The molecule has 0 saturated carbocycles.